The quantitative estimate of drug-likeness (QED) is 0.384. The van der Waals surface area contributed by atoms with Gasteiger partial charge in [0, 0.05) is 29.1 Å². The smallest absolute Gasteiger partial charge is 0.257 e. The second-order valence-electron chi connectivity index (χ2n) is 8.50. The Labute approximate surface area is 203 Å². The van der Waals surface area contributed by atoms with E-state index in [1.54, 1.807) is 16.4 Å². The minimum absolute atomic E-state index is 0.0115. The molecule has 0 radical (unpaired) electrons. The number of rotatable bonds is 5. The average Bonchev–Trinajstić information content (AvgIpc) is 3.32. The van der Waals surface area contributed by atoms with E-state index < -0.39 is 10.0 Å². The number of hydrogen-bond donors (Lipinski definition) is 1. The number of sulfonamides is 1. The normalized spacial score (nSPS) is 17.0. The molecule has 1 fully saturated rings. The van der Waals surface area contributed by atoms with Crippen LogP contribution in [0.1, 0.15) is 36.5 Å². The van der Waals surface area contributed by atoms with Crippen molar-refractivity contribution in [3.8, 4) is 11.3 Å². The topological polar surface area (TPSA) is 79.4 Å². The van der Waals surface area contributed by atoms with Gasteiger partial charge in [-0.3, -0.25) is 10.1 Å². The van der Waals surface area contributed by atoms with E-state index in [0.717, 1.165) is 41.3 Å². The van der Waals surface area contributed by atoms with Gasteiger partial charge in [-0.05, 0) is 54.8 Å². The Hall–Kier alpha value is -3.07. The molecule has 1 saturated heterocycles. The van der Waals surface area contributed by atoms with Crippen molar-refractivity contribution >= 4 is 43.2 Å². The van der Waals surface area contributed by atoms with Crippen LogP contribution in [0.5, 0.6) is 0 Å². The fraction of sp³-hybridized carbons (Fsp3) is 0.231. The summed E-state index contributed by atoms with van der Waals surface area (Å²) in [4.78, 5) is 17.6. The summed E-state index contributed by atoms with van der Waals surface area (Å²) in [5, 5.41) is 7.49. The predicted octanol–water partition coefficient (Wildman–Crippen LogP) is 5.78. The van der Waals surface area contributed by atoms with Gasteiger partial charge < -0.3 is 0 Å². The number of carbonyl (C=O) groups is 1. The molecule has 0 aliphatic carbocycles. The van der Waals surface area contributed by atoms with Gasteiger partial charge in [-0.1, -0.05) is 48.9 Å². The highest BCUT2D eigenvalue weighted by molar-refractivity contribution is 7.89. The number of nitrogens with one attached hydrogen (secondary N) is 1. The molecule has 8 heteroatoms. The van der Waals surface area contributed by atoms with Crippen LogP contribution in [0.15, 0.2) is 77.0 Å². The van der Waals surface area contributed by atoms with E-state index >= 15 is 0 Å². The number of amides is 1. The van der Waals surface area contributed by atoms with Gasteiger partial charge >= 0.3 is 0 Å². The molecule has 3 aromatic carbocycles. The Balaban J connectivity index is 1.32. The van der Waals surface area contributed by atoms with Gasteiger partial charge in [0.15, 0.2) is 5.13 Å². The van der Waals surface area contributed by atoms with Crippen molar-refractivity contribution in [3.63, 3.8) is 0 Å². The fourth-order valence-corrected chi connectivity index (χ4v) is 6.82. The van der Waals surface area contributed by atoms with Crippen LogP contribution in [0.2, 0.25) is 0 Å². The Kier molecular flexibility index (Phi) is 6.20. The van der Waals surface area contributed by atoms with Crippen LogP contribution in [-0.4, -0.2) is 36.2 Å². The number of benzene rings is 3. The lowest BCUT2D eigenvalue weighted by molar-refractivity contribution is 0.102. The third-order valence-corrected chi connectivity index (χ3v) is 9.04. The van der Waals surface area contributed by atoms with Crippen molar-refractivity contribution in [1.29, 1.82) is 0 Å². The number of nitrogens with zero attached hydrogens (tertiary/aromatic N) is 2. The Morgan fingerprint density at radius 2 is 1.79 bits per heavy atom. The molecule has 0 saturated carbocycles. The molecular formula is C26H25N3O3S2. The third kappa shape index (κ3) is 4.36. The number of anilines is 1. The van der Waals surface area contributed by atoms with Gasteiger partial charge in [0.25, 0.3) is 5.91 Å². The van der Waals surface area contributed by atoms with E-state index in [2.05, 4.69) is 28.5 Å². The van der Waals surface area contributed by atoms with Crippen molar-refractivity contribution < 1.29 is 13.2 Å². The van der Waals surface area contributed by atoms with Crippen molar-refractivity contribution in [2.45, 2.75) is 37.1 Å². The molecule has 1 amide bonds. The van der Waals surface area contributed by atoms with E-state index in [-0.39, 0.29) is 16.8 Å². The van der Waals surface area contributed by atoms with Crippen molar-refractivity contribution in [1.82, 2.24) is 9.29 Å². The second-order valence-corrected chi connectivity index (χ2v) is 11.3. The van der Waals surface area contributed by atoms with Gasteiger partial charge in [-0.2, -0.15) is 4.31 Å². The summed E-state index contributed by atoms with van der Waals surface area (Å²) < 4.78 is 27.6. The first kappa shape index (κ1) is 22.7. The highest BCUT2D eigenvalue weighted by Crippen LogP contribution is 2.31. The maximum Gasteiger partial charge on any atom is 0.257 e. The lowest BCUT2D eigenvalue weighted by Crippen LogP contribution is -2.41. The van der Waals surface area contributed by atoms with Crippen LogP contribution >= 0.6 is 11.3 Å². The molecule has 1 unspecified atom stereocenters. The molecule has 0 bridgehead atoms. The maximum atomic E-state index is 13.0. The summed E-state index contributed by atoms with van der Waals surface area (Å²) in [5.41, 5.74) is 2.19. The summed E-state index contributed by atoms with van der Waals surface area (Å²) in [5.74, 6) is -0.325. The zero-order valence-corrected chi connectivity index (χ0v) is 20.4. The average molecular weight is 492 g/mol. The van der Waals surface area contributed by atoms with Crippen LogP contribution in [0, 0.1) is 0 Å². The summed E-state index contributed by atoms with van der Waals surface area (Å²) >= 11 is 1.36. The van der Waals surface area contributed by atoms with E-state index in [9.17, 15) is 13.2 Å². The number of hydrogen-bond acceptors (Lipinski definition) is 5. The molecule has 1 aromatic heterocycles. The number of thiazole rings is 1. The van der Waals surface area contributed by atoms with Crippen molar-refractivity contribution in [2.75, 3.05) is 11.9 Å². The van der Waals surface area contributed by atoms with E-state index in [1.165, 1.54) is 23.5 Å². The number of carbonyl (C=O) groups excluding carboxylic acids is 1. The summed E-state index contributed by atoms with van der Waals surface area (Å²) in [7, 11) is -3.57. The standard InChI is InChI=1S/C26H25N3O3S2/c1-18-7-4-5-16-29(18)34(31,32)21-14-12-20(13-15-21)25(30)28-26-27-24(17-33-26)23-11-6-9-19-8-2-3-10-22(19)23/h2-3,6,8-15,17-18H,4-5,7,16H2,1H3,(H,27,28,30). The first-order valence-corrected chi connectivity index (χ1v) is 13.6. The molecule has 1 N–H and O–H groups in total. The third-order valence-electron chi connectivity index (χ3n) is 6.26. The Morgan fingerprint density at radius 1 is 1.03 bits per heavy atom. The minimum Gasteiger partial charge on any atom is -0.298 e. The molecule has 1 aliphatic rings. The monoisotopic (exact) mass is 491 g/mol. The summed E-state index contributed by atoms with van der Waals surface area (Å²) in [6, 6.07) is 20.3. The second kappa shape index (κ2) is 9.29. The Bertz CT molecular complexity index is 1440. The van der Waals surface area contributed by atoms with Crippen LogP contribution < -0.4 is 5.32 Å². The first-order valence-electron chi connectivity index (χ1n) is 11.3. The largest absolute Gasteiger partial charge is 0.298 e. The lowest BCUT2D eigenvalue weighted by atomic mass is 10.0. The molecule has 1 atom stereocenters. The van der Waals surface area contributed by atoms with Crippen LogP contribution in [0.4, 0.5) is 5.13 Å². The molecule has 5 rings (SSSR count). The van der Waals surface area contributed by atoms with Gasteiger partial charge in [0.1, 0.15) is 0 Å². The lowest BCUT2D eigenvalue weighted by Gasteiger charge is -2.32. The van der Waals surface area contributed by atoms with Gasteiger partial charge in [-0.15, -0.1) is 11.3 Å². The van der Waals surface area contributed by atoms with E-state index in [4.69, 9.17) is 0 Å². The van der Waals surface area contributed by atoms with Crippen molar-refractivity contribution in [3.05, 3.63) is 77.7 Å². The number of piperidine rings is 1. The van der Waals surface area contributed by atoms with Gasteiger partial charge in [-0.25, -0.2) is 13.4 Å². The van der Waals surface area contributed by atoms with Crippen LogP contribution in [-0.2, 0) is 10.0 Å². The predicted molar refractivity (Wildman–Crippen MR) is 137 cm³/mol. The van der Waals surface area contributed by atoms with Crippen molar-refractivity contribution in [2.24, 2.45) is 0 Å². The molecule has 2 heterocycles. The van der Waals surface area contributed by atoms with E-state index in [0.29, 0.717) is 17.2 Å². The molecule has 0 spiro atoms. The molecule has 34 heavy (non-hydrogen) atoms. The molecule has 4 aromatic rings. The zero-order valence-electron chi connectivity index (χ0n) is 18.8. The highest BCUT2D eigenvalue weighted by atomic mass is 32.2. The minimum atomic E-state index is -3.57. The molecular weight excluding hydrogens is 466 g/mol. The number of aromatic nitrogens is 1. The number of fused-ring (bicyclic) bond motifs is 1. The SMILES string of the molecule is CC1CCCCN1S(=O)(=O)c1ccc(C(=O)Nc2nc(-c3cccc4ccccc34)cs2)cc1. The highest BCUT2D eigenvalue weighted by Gasteiger charge is 2.31. The van der Waals surface area contributed by atoms with E-state index in [1.807, 2.05) is 36.6 Å². The molecule has 174 valence electrons. The van der Waals surface area contributed by atoms with Gasteiger partial charge in [0.2, 0.25) is 10.0 Å². The fourth-order valence-electron chi connectivity index (χ4n) is 4.42. The van der Waals surface area contributed by atoms with Crippen LogP contribution in [0.3, 0.4) is 0 Å². The zero-order chi connectivity index (χ0) is 23.7. The maximum absolute atomic E-state index is 13.0. The van der Waals surface area contributed by atoms with Gasteiger partial charge in [0.05, 0.1) is 10.6 Å². The first-order chi connectivity index (χ1) is 16.4. The molecule has 1 aliphatic heterocycles. The van der Waals surface area contributed by atoms with Crippen LogP contribution in [0.25, 0.3) is 22.0 Å². The Morgan fingerprint density at radius 3 is 2.59 bits per heavy atom. The summed E-state index contributed by atoms with van der Waals surface area (Å²) in [6.07, 6.45) is 2.79. The molecule has 6 nitrogen and oxygen atoms in total. The summed E-state index contributed by atoms with van der Waals surface area (Å²) in [6.45, 7) is 2.48.